The third kappa shape index (κ3) is 2.31. The van der Waals surface area contributed by atoms with Crippen molar-refractivity contribution in [3.8, 4) is 0 Å². The first-order valence-electron chi connectivity index (χ1n) is 5.91. The number of nitrogens with one attached hydrogen (secondary N) is 3. The third-order valence-corrected chi connectivity index (χ3v) is 3.23. The molecule has 0 radical (unpaired) electrons. The van der Waals surface area contributed by atoms with Crippen LogP contribution in [0.1, 0.15) is 10.4 Å². The van der Waals surface area contributed by atoms with Crippen molar-refractivity contribution in [3.05, 3.63) is 63.5 Å². The van der Waals surface area contributed by atoms with Gasteiger partial charge < -0.3 is 15.3 Å². The number of amides is 1. The van der Waals surface area contributed by atoms with Crippen LogP contribution >= 0.6 is 11.6 Å². The number of aromatic nitrogens is 2. The van der Waals surface area contributed by atoms with Crippen molar-refractivity contribution in [1.29, 1.82) is 0 Å². The molecule has 1 aromatic heterocycles. The van der Waals surface area contributed by atoms with E-state index in [9.17, 15) is 9.59 Å². The molecule has 6 heteroatoms. The molecule has 3 aromatic rings. The molecular formula is C14H10ClN3O2. The number of aromatic amines is 2. The number of H-pyrrole nitrogens is 2. The summed E-state index contributed by atoms with van der Waals surface area (Å²) in [5, 5.41) is 3.19. The number of rotatable bonds is 2. The van der Waals surface area contributed by atoms with E-state index in [1.165, 1.54) is 0 Å². The maximum atomic E-state index is 12.1. The van der Waals surface area contributed by atoms with Gasteiger partial charge in [0.1, 0.15) is 0 Å². The lowest BCUT2D eigenvalue weighted by Gasteiger charge is -2.06. The third-order valence-electron chi connectivity index (χ3n) is 2.90. The van der Waals surface area contributed by atoms with Crippen molar-refractivity contribution in [2.75, 3.05) is 5.32 Å². The van der Waals surface area contributed by atoms with Crippen LogP contribution in [0.4, 0.5) is 5.69 Å². The molecule has 0 spiro atoms. The normalized spacial score (nSPS) is 10.7. The van der Waals surface area contributed by atoms with Gasteiger partial charge in [0, 0.05) is 5.56 Å². The van der Waals surface area contributed by atoms with Gasteiger partial charge in [-0.1, -0.05) is 23.7 Å². The Morgan fingerprint density at radius 2 is 1.80 bits per heavy atom. The van der Waals surface area contributed by atoms with Gasteiger partial charge in [-0.25, -0.2) is 4.79 Å². The van der Waals surface area contributed by atoms with Crippen LogP contribution in [0, 0.1) is 0 Å². The number of imidazole rings is 1. The minimum Gasteiger partial charge on any atom is -0.321 e. The van der Waals surface area contributed by atoms with Crippen LogP contribution in [0.2, 0.25) is 5.02 Å². The number of carbonyl (C=O) groups is 1. The van der Waals surface area contributed by atoms with Crippen LogP contribution in [-0.2, 0) is 0 Å². The Balaban J connectivity index is 1.92. The van der Waals surface area contributed by atoms with Gasteiger partial charge >= 0.3 is 5.69 Å². The Morgan fingerprint density at radius 3 is 2.60 bits per heavy atom. The summed E-state index contributed by atoms with van der Waals surface area (Å²) >= 11 is 5.99. The van der Waals surface area contributed by atoms with Gasteiger partial charge in [0.05, 0.1) is 21.7 Å². The highest BCUT2D eigenvalue weighted by Gasteiger charge is 2.09. The summed E-state index contributed by atoms with van der Waals surface area (Å²) in [7, 11) is 0. The summed E-state index contributed by atoms with van der Waals surface area (Å²) in [6, 6.07) is 11.9. The second kappa shape index (κ2) is 4.86. The maximum Gasteiger partial charge on any atom is 0.323 e. The highest BCUT2D eigenvalue weighted by molar-refractivity contribution is 6.33. The van der Waals surface area contributed by atoms with E-state index in [1.54, 1.807) is 42.5 Å². The molecule has 20 heavy (non-hydrogen) atoms. The van der Waals surface area contributed by atoms with Crippen molar-refractivity contribution in [2.24, 2.45) is 0 Å². The summed E-state index contributed by atoms with van der Waals surface area (Å²) in [5.74, 6) is -0.290. The predicted molar refractivity (Wildman–Crippen MR) is 78.3 cm³/mol. The topological polar surface area (TPSA) is 77.8 Å². The molecule has 1 amide bonds. The number of carbonyl (C=O) groups excluding carboxylic acids is 1. The summed E-state index contributed by atoms with van der Waals surface area (Å²) in [5.41, 5.74) is 1.92. The van der Waals surface area contributed by atoms with Crippen LogP contribution in [0.3, 0.4) is 0 Å². The quantitative estimate of drug-likeness (QED) is 0.678. The minimum atomic E-state index is -0.302. The molecule has 2 aromatic carbocycles. The highest BCUT2D eigenvalue weighted by Crippen LogP contribution is 2.21. The van der Waals surface area contributed by atoms with E-state index in [0.29, 0.717) is 27.3 Å². The number of hydrogen-bond acceptors (Lipinski definition) is 2. The zero-order valence-corrected chi connectivity index (χ0v) is 11.0. The molecule has 3 rings (SSSR count). The highest BCUT2D eigenvalue weighted by atomic mass is 35.5. The van der Waals surface area contributed by atoms with E-state index in [2.05, 4.69) is 15.3 Å². The number of fused-ring (bicyclic) bond motifs is 1. The van der Waals surface area contributed by atoms with Crippen molar-refractivity contribution < 1.29 is 4.79 Å². The zero-order chi connectivity index (χ0) is 14.1. The van der Waals surface area contributed by atoms with Gasteiger partial charge in [0.25, 0.3) is 5.91 Å². The molecule has 100 valence electrons. The number of anilines is 1. The number of para-hydroxylation sites is 1. The summed E-state index contributed by atoms with van der Waals surface area (Å²) < 4.78 is 0. The lowest BCUT2D eigenvalue weighted by Crippen LogP contribution is -2.12. The van der Waals surface area contributed by atoms with Crippen LogP contribution in [0.5, 0.6) is 0 Å². The largest absolute Gasteiger partial charge is 0.323 e. The lowest BCUT2D eigenvalue weighted by molar-refractivity contribution is 0.102. The van der Waals surface area contributed by atoms with Crippen LogP contribution in [0.15, 0.2) is 47.3 Å². The molecule has 0 aliphatic heterocycles. The van der Waals surface area contributed by atoms with E-state index >= 15 is 0 Å². The van der Waals surface area contributed by atoms with Gasteiger partial charge in [-0.15, -0.1) is 0 Å². The first-order chi connectivity index (χ1) is 9.63. The summed E-state index contributed by atoms with van der Waals surface area (Å²) in [4.78, 5) is 28.6. The average molecular weight is 288 g/mol. The zero-order valence-electron chi connectivity index (χ0n) is 10.2. The van der Waals surface area contributed by atoms with Gasteiger partial charge in [-0.3, -0.25) is 4.79 Å². The molecule has 0 saturated carbocycles. The van der Waals surface area contributed by atoms with Crippen LogP contribution < -0.4 is 11.0 Å². The van der Waals surface area contributed by atoms with Gasteiger partial charge in [0.2, 0.25) is 0 Å². The molecule has 0 saturated heterocycles. The Kier molecular flexibility index (Phi) is 3.04. The number of benzene rings is 2. The molecule has 0 aliphatic carbocycles. The second-order valence-electron chi connectivity index (χ2n) is 4.27. The summed E-state index contributed by atoms with van der Waals surface area (Å²) in [6.45, 7) is 0. The Labute approximate surface area is 118 Å². The number of hydrogen-bond donors (Lipinski definition) is 3. The first kappa shape index (κ1) is 12.5. The van der Waals surface area contributed by atoms with Gasteiger partial charge in [-0.05, 0) is 30.3 Å². The SMILES string of the molecule is O=C(Nc1ccccc1Cl)c1ccc2[nH]c(=O)[nH]c2c1. The predicted octanol–water partition coefficient (Wildman–Crippen LogP) is 2.76. The van der Waals surface area contributed by atoms with Crippen molar-refractivity contribution in [3.63, 3.8) is 0 Å². The molecule has 3 N–H and O–H groups in total. The van der Waals surface area contributed by atoms with Crippen molar-refractivity contribution in [1.82, 2.24) is 9.97 Å². The Morgan fingerprint density at radius 1 is 1.05 bits per heavy atom. The van der Waals surface area contributed by atoms with Crippen LogP contribution in [-0.4, -0.2) is 15.9 Å². The molecule has 0 atom stereocenters. The fourth-order valence-corrected chi connectivity index (χ4v) is 2.11. The maximum absolute atomic E-state index is 12.1. The standard InChI is InChI=1S/C14H10ClN3O2/c15-9-3-1-2-4-10(9)16-13(19)8-5-6-11-12(7-8)18-14(20)17-11/h1-7H,(H,16,19)(H2,17,18,20). The second-order valence-corrected chi connectivity index (χ2v) is 4.68. The monoisotopic (exact) mass is 287 g/mol. The van der Waals surface area contributed by atoms with E-state index < -0.39 is 0 Å². The molecule has 0 fully saturated rings. The molecule has 0 aliphatic rings. The van der Waals surface area contributed by atoms with Crippen LogP contribution in [0.25, 0.3) is 11.0 Å². The lowest BCUT2D eigenvalue weighted by atomic mass is 10.2. The average Bonchev–Trinajstić information content (AvgIpc) is 2.80. The van der Waals surface area contributed by atoms with Crippen molar-refractivity contribution in [2.45, 2.75) is 0 Å². The molecule has 0 bridgehead atoms. The van der Waals surface area contributed by atoms with E-state index in [0.717, 1.165) is 0 Å². The fraction of sp³-hybridized carbons (Fsp3) is 0. The number of halogens is 1. The van der Waals surface area contributed by atoms with Crippen molar-refractivity contribution >= 4 is 34.2 Å². The van der Waals surface area contributed by atoms with E-state index in [-0.39, 0.29) is 11.6 Å². The van der Waals surface area contributed by atoms with E-state index in [4.69, 9.17) is 11.6 Å². The molecule has 0 unspecified atom stereocenters. The Bertz CT molecular complexity index is 851. The van der Waals surface area contributed by atoms with Gasteiger partial charge in [0.15, 0.2) is 0 Å². The van der Waals surface area contributed by atoms with E-state index in [1.807, 2.05) is 0 Å². The molecule has 5 nitrogen and oxygen atoms in total. The molecule has 1 heterocycles. The Hall–Kier alpha value is -2.53. The minimum absolute atomic E-state index is 0.290. The molecular weight excluding hydrogens is 278 g/mol. The smallest absolute Gasteiger partial charge is 0.321 e. The fourth-order valence-electron chi connectivity index (χ4n) is 1.93. The first-order valence-corrected chi connectivity index (χ1v) is 6.29. The summed E-state index contributed by atoms with van der Waals surface area (Å²) in [6.07, 6.45) is 0. The van der Waals surface area contributed by atoms with Gasteiger partial charge in [-0.2, -0.15) is 0 Å².